The van der Waals surface area contributed by atoms with E-state index in [0.29, 0.717) is 6.42 Å². The van der Waals surface area contributed by atoms with Gasteiger partial charge in [-0.05, 0) is 18.9 Å². The van der Waals surface area contributed by atoms with Crippen LogP contribution < -0.4 is 0 Å². The molecule has 0 aliphatic heterocycles. The fourth-order valence-corrected chi connectivity index (χ4v) is 0.680. The molecule has 0 unspecified atom stereocenters. The summed E-state index contributed by atoms with van der Waals surface area (Å²) in [5, 5.41) is 0. The van der Waals surface area contributed by atoms with Crippen molar-refractivity contribution in [2.24, 2.45) is 0 Å². The van der Waals surface area contributed by atoms with E-state index in [1.54, 1.807) is 6.08 Å². The number of carbonyl (C=O) groups is 1. The van der Waals surface area contributed by atoms with Crippen molar-refractivity contribution in [3.05, 3.63) is 24.3 Å². The maximum atomic E-state index is 11.0. The van der Waals surface area contributed by atoms with Crippen LogP contribution in [0.3, 0.4) is 0 Å². The van der Waals surface area contributed by atoms with E-state index in [-0.39, 0.29) is 5.78 Å². The quantitative estimate of drug-likeness (QED) is 0.437. The number of allylic oxidation sites excluding steroid dienone is 3. The zero-order chi connectivity index (χ0) is 8.69. The molecule has 1 nitrogen and oxygen atoms in total. The van der Waals surface area contributed by atoms with Crippen LogP contribution in [0.5, 0.6) is 0 Å². The summed E-state index contributed by atoms with van der Waals surface area (Å²) in [5.41, 5.74) is 1.01. The van der Waals surface area contributed by atoms with Gasteiger partial charge in [0, 0.05) is 6.42 Å². The van der Waals surface area contributed by atoms with E-state index < -0.39 is 0 Å². The summed E-state index contributed by atoms with van der Waals surface area (Å²) >= 11 is 0. The Labute approximate surface area is 68.8 Å². The Hall–Kier alpha value is -0.850. The predicted octanol–water partition coefficient (Wildman–Crippen LogP) is 2.88. The summed E-state index contributed by atoms with van der Waals surface area (Å²) in [7, 11) is 0. The van der Waals surface area contributed by atoms with Gasteiger partial charge in [-0.3, -0.25) is 4.79 Å². The molecule has 0 aromatic rings. The fourth-order valence-electron chi connectivity index (χ4n) is 0.680. The topological polar surface area (TPSA) is 17.1 Å². The summed E-state index contributed by atoms with van der Waals surface area (Å²) < 4.78 is 0. The lowest BCUT2D eigenvalue weighted by Gasteiger charge is -1.95. The van der Waals surface area contributed by atoms with Crippen LogP contribution in [0.2, 0.25) is 0 Å². The lowest BCUT2D eigenvalue weighted by atomic mass is 10.1. The summed E-state index contributed by atoms with van der Waals surface area (Å²) in [6, 6.07) is 0. The Bertz CT molecular complexity index is 166. The van der Waals surface area contributed by atoms with Crippen LogP contribution in [0, 0.1) is 0 Å². The van der Waals surface area contributed by atoms with Crippen LogP contribution >= 0.6 is 0 Å². The normalized spacial score (nSPS) is 10.4. The van der Waals surface area contributed by atoms with Gasteiger partial charge in [0.25, 0.3) is 0 Å². The summed E-state index contributed by atoms with van der Waals surface area (Å²) in [4.78, 5) is 11.0. The van der Waals surface area contributed by atoms with E-state index in [1.807, 2.05) is 19.9 Å². The van der Waals surface area contributed by atoms with E-state index >= 15 is 0 Å². The lowest BCUT2D eigenvalue weighted by Crippen LogP contribution is -1.93. The second kappa shape index (κ2) is 5.90. The maximum Gasteiger partial charge on any atom is 0.159 e. The Balaban J connectivity index is 3.69. The minimum Gasteiger partial charge on any atom is -0.295 e. The van der Waals surface area contributed by atoms with Crippen molar-refractivity contribution in [1.82, 2.24) is 0 Å². The maximum absolute atomic E-state index is 11.0. The van der Waals surface area contributed by atoms with E-state index in [4.69, 9.17) is 0 Å². The minimum atomic E-state index is 0.165. The van der Waals surface area contributed by atoms with Gasteiger partial charge in [-0.25, -0.2) is 0 Å². The molecule has 0 aromatic carbocycles. The SMILES string of the molecule is C=C(CC)CC(=O)/C=C/CC. The predicted molar refractivity (Wildman–Crippen MR) is 48.5 cm³/mol. The molecule has 0 saturated heterocycles. The number of ketones is 1. The molecule has 0 spiro atoms. The molecular weight excluding hydrogens is 136 g/mol. The van der Waals surface area contributed by atoms with Crippen LogP contribution in [0.15, 0.2) is 24.3 Å². The highest BCUT2D eigenvalue weighted by Gasteiger charge is 1.97. The van der Waals surface area contributed by atoms with Crippen LogP contribution in [-0.2, 0) is 4.79 Å². The number of rotatable bonds is 5. The molecule has 0 aromatic heterocycles. The smallest absolute Gasteiger partial charge is 0.159 e. The van der Waals surface area contributed by atoms with Gasteiger partial charge in [-0.2, -0.15) is 0 Å². The van der Waals surface area contributed by atoms with Gasteiger partial charge >= 0.3 is 0 Å². The molecule has 0 atom stereocenters. The monoisotopic (exact) mass is 152 g/mol. The average molecular weight is 152 g/mol. The molecule has 1 heteroatoms. The van der Waals surface area contributed by atoms with Crippen LogP contribution in [0.1, 0.15) is 33.1 Å². The lowest BCUT2D eigenvalue weighted by molar-refractivity contribution is -0.114. The van der Waals surface area contributed by atoms with Gasteiger partial charge in [0.15, 0.2) is 5.78 Å². The molecule has 11 heavy (non-hydrogen) atoms. The highest BCUT2D eigenvalue weighted by atomic mass is 16.1. The van der Waals surface area contributed by atoms with Gasteiger partial charge in [0.2, 0.25) is 0 Å². The molecule has 0 fully saturated rings. The summed E-state index contributed by atoms with van der Waals surface area (Å²) in [5.74, 6) is 0.165. The molecule has 0 bridgehead atoms. The second-order valence-electron chi connectivity index (χ2n) is 2.56. The molecule has 0 N–H and O–H groups in total. The molecule has 0 heterocycles. The standard InChI is InChI=1S/C10H16O/c1-4-6-7-10(11)8-9(3)5-2/h6-7H,3-5,8H2,1-2H3/b7-6+. The van der Waals surface area contributed by atoms with E-state index in [0.717, 1.165) is 18.4 Å². The van der Waals surface area contributed by atoms with Crippen molar-refractivity contribution in [2.75, 3.05) is 0 Å². The van der Waals surface area contributed by atoms with E-state index in [1.165, 1.54) is 0 Å². The first kappa shape index (κ1) is 10.2. The van der Waals surface area contributed by atoms with Crippen molar-refractivity contribution in [3.8, 4) is 0 Å². The van der Waals surface area contributed by atoms with Crippen molar-refractivity contribution >= 4 is 5.78 Å². The second-order valence-corrected chi connectivity index (χ2v) is 2.56. The van der Waals surface area contributed by atoms with Gasteiger partial charge in [0.05, 0.1) is 0 Å². The van der Waals surface area contributed by atoms with Crippen molar-refractivity contribution in [2.45, 2.75) is 33.1 Å². The van der Waals surface area contributed by atoms with Gasteiger partial charge in [0.1, 0.15) is 0 Å². The zero-order valence-corrected chi connectivity index (χ0v) is 7.39. The summed E-state index contributed by atoms with van der Waals surface area (Å²) in [6.07, 6.45) is 5.84. The van der Waals surface area contributed by atoms with Gasteiger partial charge < -0.3 is 0 Å². The van der Waals surface area contributed by atoms with Crippen LogP contribution in [0.25, 0.3) is 0 Å². The minimum absolute atomic E-state index is 0.165. The third-order valence-electron chi connectivity index (χ3n) is 1.46. The molecule has 0 saturated carbocycles. The molecule has 0 radical (unpaired) electrons. The first-order chi connectivity index (χ1) is 5.20. The first-order valence-electron chi connectivity index (χ1n) is 4.06. The van der Waals surface area contributed by atoms with Gasteiger partial charge in [-0.1, -0.05) is 32.1 Å². The van der Waals surface area contributed by atoms with Crippen molar-refractivity contribution < 1.29 is 4.79 Å². The Morgan fingerprint density at radius 1 is 1.45 bits per heavy atom. The van der Waals surface area contributed by atoms with E-state index in [2.05, 4.69) is 6.58 Å². The molecular formula is C10H16O. The van der Waals surface area contributed by atoms with Crippen LogP contribution in [0.4, 0.5) is 0 Å². The van der Waals surface area contributed by atoms with E-state index in [9.17, 15) is 4.79 Å². The first-order valence-corrected chi connectivity index (χ1v) is 4.06. The number of hydrogen-bond donors (Lipinski definition) is 0. The molecule has 0 amide bonds. The van der Waals surface area contributed by atoms with Crippen LogP contribution in [-0.4, -0.2) is 5.78 Å². The Morgan fingerprint density at radius 3 is 2.55 bits per heavy atom. The highest BCUT2D eigenvalue weighted by molar-refractivity contribution is 5.91. The molecule has 0 aliphatic carbocycles. The zero-order valence-electron chi connectivity index (χ0n) is 7.39. The van der Waals surface area contributed by atoms with Crippen molar-refractivity contribution in [3.63, 3.8) is 0 Å². The van der Waals surface area contributed by atoms with Crippen molar-refractivity contribution in [1.29, 1.82) is 0 Å². The Kier molecular flexibility index (Phi) is 5.44. The largest absolute Gasteiger partial charge is 0.295 e. The molecule has 0 rings (SSSR count). The Morgan fingerprint density at radius 2 is 2.09 bits per heavy atom. The summed E-state index contributed by atoms with van der Waals surface area (Å²) in [6.45, 7) is 7.79. The average Bonchev–Trinajstić information content (AvgIpc) is 2.00. The van der Waals surface area contributed by atoms with Gasteiger partial charge in [-0.15, -0.1) is 0 Å². The third-order valence-corrected chi connectivity index (χ3v) is 1.46. The number of hydrogen-bond acceptors (Lipinski definition) is 1. The molecule has 62 valence electrons. The number of carbonyl (C=O) groups excluding carboxylic acids is 1. The third kappa shape index (κ3) is 5.59. The highest BCUT2D eigenvalue weighted by Crippen LogP contribution is 2.03. The molecule has 0 aliphatic rings. The fraction of sp³-hybridized carbons (Fsp3) is 0.500.